The van der Waals surface area contributed by atoms with Crippen LogP contribution < -0.4 is 0 Å². The van der Waals surface area contributed by atoms with Crippen LogP contribution in [0.3, 0.4) is 0 Å². The number of thioether (sulfide) groups is 1. The monoisotopic (exact) mass is 262 g/mol. The fraction of sp³-hybridized carbons (Fsp3) is 0.231. The second-order valence-electron chi connectivity index (χ2n) is 3.63. The maximum absolute atomic E-state index is 4.16. The van der Waals surface area contributed by atoms with Crippen LogP contribution in [0.4, 0.5) is 0 Å². The largest absolute Gasteiger partial charge is 0.174 e. The summed E-state index contributed by atoms with van der Waals surface area (Å²) in [6, 6.07) is 10.5. The van der Waals surface area contributed by atoms with E-state index in [9.17, 15) is 0 Å². The van der Waals surface area contributed by atoms with Crippen LogP contribution in [0.2, 0.25) is 0 Å². The molecule has 4 heteroatoms. The summed E-state index contributed by atoms with van der Waals surface area (Å²) in [4.78, 5) is 0. The highest BCUT2D eigenvalue weighted by Gasteiger charge is 2.13. The van der Waals surface area contributed by atoms with Gasteiger partial charge in [0.05, 0.1) is 0 Å². The SMILES string of the molecule is C=CCC(Sc1nnc(C)s1)c1ccccc1. The molecule has 1 aromatic carbocycles. The second-order valence-corrected chi connectivity index (χ2v) is 6.26. The Morgan fingerprint density at radius 2 is 2.12 bits per heavy atom. The fourth-order valence-electron chi connectivity index (χ4n) is 1.52. The van der Waals surface area contributed by atoms with Crippen molar-refractivity contribution in [1.29, 1.82) is 0 Å². The first kappa shape index (κ1) is 12.3. The second kappa shape index (κ2) is 5.98. The van der Waals surface area contributed by atoms with Gasteiger partial charge in [-0.25, -0.2) is 0 Å². The van der Waals surface area contributed by atoms with E-state index in [1.807, 2.05) is 19.1 Å². The zero-order chi connectivity index (χ0) is 12.1. The summed E-state index contributed by atoms with van der Waals surface area (Å²) in [6.45, 7) is 5.81. The van der Waals surface area contributed by atoms with Gasteiger partial charge in [-0.15, -0.1) is 16.8 Å². The first-order valence-corrected chi connectivity index (χ1v) is 7.12. The molecule has 0 saturated carbocycles. The zero-order valence-corrected chi connectivity index (χ0v) is 11.3. The predicted octanol–water partition coefficient (Wildman–Crippen LogP) is 4.26. The lowest BCUT2D eigenvalue weighted by molar-refractivity contribution is 0.947. The molecule has 2 rings (SSSR count). The minimum atomic E-state index is 0.376. The van der Waals surface area contributed by atoms with Crippen molar-refractivity contribution < 1.29 is 0 Å². The van der Waals surface area contributed by atoms with Crippen LogP contribution >= 0.6 is 23.1 Å². The van der Waals surface area contributed by atoms with Crippen molar-refractivity contribution in [2.75, 3.05) is 0 Å². The third-order valence-electron chi connectivity index (χ3n) is 2.30. The van der Waals surface area contributed by atoms with Crippen LogP contribution in [-0.2, 0) is 0 Å². The molecule has 1 heterocycles. The number of rotatable bonds is 5. The minimum Gasteiger partial charge on any atom is -0.143 e. The molecular formula is C13H14N2S2. The molecule has 0 spiro atoms. The van der Waals surface area contributed by atoms with Gasteiger partial charge in [0, 0.05) is 5.25 Å². The lowest BCUT2D eigenvalue weighted by Crippen LogP contribution is -1.92. The van der Waals surface area contributed by atoms with Gasteiger partial charge in [0.1, 0.15) is 5.01 Å². The van der Waals surface area contributed by atoms with E-state index >= 15 is 0 Å². The lowest BCUT2D eigenvalue weighted by atomic mass is 10.1. The Hall–Kier alpha value is -1.13. The molecule has 0 N–H and O–H groups in total. The number of hydrogen-bond acceptors (Lipinski definition) is 4. The number of aromatic nitrogens is 2. The van der Waals surface area contributed by atoms with Gasteiger partial charge in [-0.3, -0.25) is 0 Å². The van der Waals surface area contributed by atoms with E-state index < -0.39 is 0 Å². The van der Waals surface area contributed by atoms with Gasteiger partial charge >= 0.3 is 0 Å². The van der Waals surface area contributed by atoms with Crippen molar-refractivity contribution in [3.05, 3.63) is 53.6 Å². The summed E-state index contributed by atoms with van der Waals surface area (Å²) in [7, 11) is 0. The van der Waals surface area contributed by atoms with Gasteiger partial charge in [0.15, 0.2) is 4.34 Å². The van der Waals surface area contributed by atoms with E-state index in [0.717, 1.165) is 15.8 Å². The van der Waals surface area contributed by atoms with Crippen molar-refractivity contribution in [2.45, 2.75) is 22.9 Å². The number of nitrogens with zero attached hydrogens (tertiary/aromatic N) is 2. The zero-order valence-electron chi connectivity index (χ0n) is 9.67. The molecule has 0 aliphatic carbocycles. The number of allylic oxidation sites excluding steroid dienone is 1. The number of benzene rings is 1. The first-order chi connectivity index (χ1) is 8.29. The maximum atomic E-state index is 4.16. The Labute approximate surface area is 110 Å². The highest BCUT2D eigenvalue weighted by atomic mass is 32.2. The number of hydrogen-bond donors (Lipinski definition) is 0. The Kier molecular flexibility index (Phi) is 4.34. The van der Waals surface area contributed by atoms with E-state index in [1.54, 1.807) is 23.1 Å². The molecule has 1 aromatic heterocycles. The molecule has 0 aliphatic heterocycles. The molecule has 0 fully saturated rings. The molecule has 0 amide bonds. The van der Waals surface area contributed by atoms with Crippen molar-refractivity contribution in [3.63, 3.8) is 0 Å². The molecule has 0 aliphatic rings. The van der Waals surface area contributed by atoms with Crippen LogP contribution in [0.1, 0.15) is 22.2 Å². The first-order valence-electron chi connectivity index (χ1n) is 5.42. The summed E-state index contributed by atoms with van der Waals surface area (Å²) in [5.74, 6) is 0. The summed E-state index contributed by atoms with van der Waals surface area (Å²) >= 11 is 3.40. The predicted molar refractivity (Wildman–Crippen MR) is 74.5 cm³/mol. The molecule has 17 heavy (non-hydrogen) atoms. The molecule has 88 valence electrons. The molecule has 1 atom stereocenters. The standard InChI is InChI=1S/C13H14N2S2/c1-3-7-12(11-8-5-4-6-9-11)17-13-15-14-10(2)16-13/h3-6,8-9,12H,1,7H2,2H3. The lowest BCUT2D eigenvalue weighted by Gasteiger charge is -2.12. The summed E-state index contributed by atoms with van der Waals surface area (Å²) in [5.41, 5.74) is 1.31. The van der Waals surface area contributed by atoms with Crippen LogP contribution in [0.5, 0.6) is 0 Å². The summed E-state index contributed by atoms with van der Waals surface area (Å²) in [5, 5.41) is 9.59. The molecule has 0 bridgehead atoms. The third-order valence-corrected chi connectivity index (χ3v) is 4.51. The van der Waals surface area contributed by atoms with Gasteiger partial charge in [0.2, 0.25) is 0 Å². The topological polar surface area (TPSA) is 25.8 Å². The summed E-state index contributed by atoms with van der Waals surface area (Å²) in [6.07, 6.45) is 2.89. The molecule has 2 aromatic rings. The van der Waals surface area contributed by atoms with Crippen molar-refractivity contribution in [3.8, 4) is 0 Å². The van der Waals surface area contributed by atoms with Crippen LogP contribution in [0.15, 0.2) is 47.3 Å². The normalized spacial score (nSPS) is 12.3. The van der Waals surface area contributed by atoms with Gasteiger partial charge in [0.25, 0.3) is 0 Å². The molecule has 1 unspecified atom stereocenters. The van der Waals surface area contributed by atoms with Crippen LogP contribution in [0.25, 0.3) is 0 Å². The van der Waals surface area contributed by atoms with Crippen molar-refractivity contribution in [2.24, 2.45) is 0 Å². The van der Waals surface area contributed by atoms with E-state index in [1.165, 1.54) is 5.56 Å². The molecule has 2 nitrogen and oxygen atoms in total. The van der Waals surface area contributed by atoms with E-state index in [4.69, 9.17) is 0 Å². The van der Waals surface area contributed by atoms with Gasteiger partial charge in [-0.2, -0.15) is 0 Å². The van der Waals surface area contributed by atoms with Crippen LogP contribution in [-0.4, -0.2) is 10.2 Å². The van der Waals surface area contributed by atoms with E-state index in [-0.39, 0.29) is 0 Å². The van der Waals surface area contributed by atoms with E-state index in [0.29, 0.717) is 5.25 Å². The fourth-order valence-corrected chi connectivity index (χ4v) is 3.69. The smallest absolute Gasteiger partial charge is 0.143 e. The van der Waals surface area contributed by atoms with Gasteiger partial charge < -0.3 is 0 Å². The third kappa shape index (κ3) is 3.41. The van der Waals surface area contributed by atoms with Crippen LogP contribution in [0, 0.1) is 6.92 Å². The van der Waals surface area contributed by atoms with Gasteiger partial charge in [-0.1, -0.05) is 59.5 Å². The minimum absolute atomic E-state index is 0.376. The quantitative estimate of drug-likeness (QED) is 0.595. The maximum Gasteiger partial charge on any atom is 0.174 e. The summed E-state index contributed by atoms with van der Waals surface area (Å²) < 4.78 is 1.03. The molecule has 0 saturated heterocycles. The Morgan fingerprint density at radius 1 is 1.35 bits per heavy atom. The molecule has 0 radical (unpaired) electrons. The van der Waals surface area contributed by atoms with Gasteiger partial charge in [-0.05, 0) is 18.9 Å². The average molecular weight is 262 g/mol. The highest BCUT2D eigenvalue weighted by molar-refractivity contribution is 8.01. The number of aryl methyl sites for hydroxylation is 1. The highest BCUT2D eigenvalue weighted by Crippen LogP contribution is 2.38. The Balaban J connectivity index is 2.15. The Bertz CT molecular complexity index is 479. The Morgan fingerprint density at radius 3 is 2.71 bits per heavy atom. The van der Waals surface area contributed by atoms with Crippen molar-refractivity contribution >= 4 is 23.1 Å². The average Bonchev–Trinajstić information content (AvgIpc) is 2.75. The van der Waals surface area contributed by atoms with Crippen molar-refractivity contribution in [1.82, 2.24) is 10.2 Å². The molecular weight excluding hydrogens is 248 g/mol. The van der Waals surface area contributed by atoms with E-state index in [2.05, 4.69) is 41.0 Å².